The zero-order valence-corrected chi connectivity index (χ0v) is 16.6. The van der Waals surface area contributed by atoms with Crippen LogP contribution in [0.1, 0.15) is 13.7 Å². The second-order valence-corrected chi connectivity index (χ2v) is 7.57. The van der Waals surface area contributed by atoms with E-state index in [1.165, 1.54) is 0 Å². The first-order chi connectivity index (χ1) is 20.0. The van der Waals surface area contributed by atoms with Gasteiger partial charge in [-0.05, 0) is 47.4 Å². The Balaban J connectivity index is 1.74. The molecule has 32 heavy (non-hydrogen) atoms. The number of H-pyrrole nitrogens is 1. The minimum absolute atomic E-state index is 0.0605. The molecule has 0 amide bonds. The molecule has 0 aliphatic heterocycles. The molecule has 0 spiro atoms. The van der Waals surface area contributed by atoms with Gasteiger partial charge in [-0.1, -0.05) is 78.7 Å². The Hall–Kier alpha value is -4.30. The molecule has 0 unspecified atom stereocenters. The summed E-state index contributed by atoms with van der Waals surface area (Å²) in [4.78, 5) is 2.94. The Morgan fingerprint density at radius 1 is 0.562 bits per heavy atom. The lowest BCUT2D eigenvalue weighted by Gasteiger charge is -2.09. The molecule has 0 saturated carbocycles. The summed E-state index contributed by atoms with van der Waals surface area (Å²) in [5.41, 5.74) is 2.83. The van der Waals surface area contributed by atoms with E-state index in [0.717, 1.165) is 11.1 Å². The van der Waals surface area contributed by atoms with E-state index >= 15 is 0 Å². The van der Waals surface area contributed by atoms with Gasteiger partial charge in [0, 0.05) is 38.3 Å². The number of hydrogen-bond donors (Lipinski definition) is 1. The van der Waals surface area contributed by atoms with Crippen molar-refractivity contribution in [1.82, 2.24) is 9.55 Å². The van der Waals surface area contributed by atoms with E-state index in [9.17, 15) is 0 Å². The zero-order chi connectivity index (χ0) is 29.8. The molecule has 0 bridgehead atoms. The van der Waals surface area contributed by atoms with Crippen molar-refractivity contribution in [3.63, 3.8) is 0 Å². The quantitative estimate of drug-likeness (QED) is 0.293. The second kappa shape index (κ2) is 6.60. The number of aromatic nitrogens is 2. The normalized spacial score (nSPS) is 16.1. The molecule has 1 N–H and O–H groups in total. The third kappa shape index (κ3) is 2.41. The molecule has 2 heterocycles. The lowest BCUT2D eigenvalue weighted by Crippen LogP contribution is -1.93. The van der Waals surface area contributed by atoms with Crippen LogP contribution in [0.5, 0.6) is 0 Å². The van der Waals surface area contributed by atoms with Gasteiger partial charge in [0.05, 0.1) is 24.7 Å². The molecule has 0 atom stereocenters. The Bertz CT molecular complexity index is 2290. The van der Waals surface area contributed by atoms with E-state index in [4.69, 9.17) is 13.7 Å². The maximum atomic E-state index is 9.07. The molecule has 0 fully saturated rings. The van der Waals surface area contributed by atoms with E-state index in [1.807, 2.05) is 42.5 Å². The summed E-state index contributed by atoms with van der Waals surface area (Å²) < 4.78 is 87.8. The summed E-state index contributed by atoms with van der Waals surface area (Å²) in [5, 5.41) is 0.634. The van der Waals surface area contributed by atoms with Crippen LogP contribution >= 0.6 is 0 Å². The topological polar surface area (TPSA) is 20.7 Å². The van der Waals surface area contributed by atoms with E-state index in [2.05, 4.69) is 4.98 Å². The molecule has 7 rings (SSSR count). The smallest absolute Gasteiger partial charge is 0.0646 e. The van der Waals surface area contributed by atoms with Crippen LogP contribution in [0.25, 0.3) is 60.4 Å². The number of hydrogen-bond acceptors (Lipinski definition) is 0. The average molecular weight is 419 g/mol. The van der Waals surface area contributed by atoms with Crippen LogP contribution in [-0.2, 0) is 0 Å². The fourth-order valence-electron chi connectivity index (χ4n) is 4.42. The second-order valence-electron chi connectivity index (χ2n) is 7.57. The molecular formula is C30H20N2. The molecule has 5 aromatic carbocycles. The largest absolute Gasteiger partial charge is 0.354 e. The molecule has 0 aliphatic carbocycles. The molecule has 0 aliphatic rings. The molecule has 2 heteroatoms. The molecule has 150 valence electrons. The van der Waals surface area contributed by atoms with Crippen LogP contribution in [0.15, 0.2) is 115 Å². The van der Waals surface area contributed by atoms with Gasteiger partial charge in [0.2, 0.25) is 0 Å². The van der Waals surface area contributed by atoms with Crippen molar-refractivity contribution in [1.29, 1.82) is 0 Å². The Labute approximate surface area is 199 Å². The monoisotopic (exact) mass is 418 g/mol. The van der Waals surface area contributed by atoms with Gasteiger partial charge in [0.25, 0.3) is 0 Å². The van der Waals surface area contributed by atoms with Crippen molar-refractivity contribution >= 4 is 43.6 Å². The molecule has 7 aromatic rings. The van der Waals surface area contributed by atoms with Crippen molar-refractivity contribution in [2.24, 2.45) is 0 Å². The van der Waals surface area contributed by atoms with Crippen molar-refractivity contribution < 1.29 is 13.7 Å². The van der Waals surface area contributed by atoms with Crippen LogP contribution in [0.3, 0.4) is 0 Å². The molecule has 0 radical (unpaired) electrons. The van der Waals surface area contributed by atoms with Gasteiger partial charge in [-0.15, -0.1) is 0 Å². The number of aromatic amines is 1. The van der Waals surface area contributed by atoms with E-state index in [0.29, 0.717) is 5.69 Å². The first-order valence-corrected chi connectivity index (χ1v) is 10.2. The highest BCUT2D eigenvalue weighted by molar-refractivity contribution is 6.28. The van der Waals surface area contributed by atoms with Gasteiger partial charge in [-0.3, -0.25) is 0 Å². The fourth-order valence-corrected chi connectivity index (χ4v) is 4.42. The van der Waals surface area contributed by atoms with E-state index in [-0.39, 0.29) is 79.9 Å². The van der Waals surface area contributed by atoms with Gasteiger partial charge < -0.3 is 9.55 Å². The number of fused-ring (bicyclic) bond motifs is 7. The Kier molecular flexibility index (Phi) is 2.13. The van der Waals surface area contributed by atoms with Crippen molar-refractivity contribution in [3.05, 3.63) is 115 Å². The van der Waals surface area contributed by atoms with E-state index in [1.54, 1.807) is 16.7 Å². The predicted octanol–water partition coefficient (Wildman–Crippen LogP) is 8.09. The SMILES string of the molecule is [2H]c1c([2H])c([2H])c2c([nH]c3c([2H])c([2H])c4c(c5c([2H])c([2H])c([2H])c([2H])c5n4-c4ccc(-c5ccccc5)cc4)c32)c1[2H]. The van der Waals surface area contributed by atoms with Crippen molar-refractivity contribution in [3.8, 4) is 16.8 Å². The summed E-state index contributed by atoms with van der Waals surface area (Å²) >= 11 is 0. The van der Waals surface area contributed by atoms with Crippen LogP contribution in [0, 0.1) is 0 Å². The van der Waals surface area contributed by atoms with Gasteiger partial charge in [0.15, 0.2) is 0 Å². The maximum absolute atomic E-state index is 9.07. The Morgan fingerprint density at radius 3 is 2.12 bits per heavy atom. The first kappa shape index (κ1) is 10.3. The number of nitrogens with zero attached hydrogens (tertiary/aromatic N) is 1. The van der Waals surface area contributed by atoms with Gasteiger partial charge in [-0.25, -0.2) is 0 Å². The summed E-state index contributed by atoms with van der Waals surface area (Å²) in [5.74, 6) is 0. The summed E-state index contributed by atoms with van der Waals surface area (Å²) in [6, 6.07) is 13.3. The number of nitrogens with one attached hydrogen (secondary N) is 1. The van der Waals surface area contributed by atoms with Gasteiger partial charge in [0.1, 0.15) is 0 Å². The lowest BCUT2D eigenvalue weighted by atomic mass is 10.1. The van der Waals surface area contributed by atoms with Crippen molar-refractivity contribution in [2.75, 3.05) is 0 Å². The number of para-hydroxylation sites is 2. The van der Waals surface area contributed by atoms with E-state index < -0.39 is 24.2 Å². The highest BCUT2D eigenvalue weighted by atomic mass is 15.0. The summed E-state index contributed by atoms with van der Waals surface area (Å²) in [6.45, 7) is 0. The average Bonchev–Trinajstić information content (AvgIpc) is 3.58. The van der Waals surface area contributed by atoms with Crippen molar-refractivity contribution in [2.45, 2.75) is 0 Å². The lowest BCUT2D eigenvalue weighted by molar-refractivity contribution is 1.18. The molecule has 2 nitrogen and oxygen atoms in total. The van der Waals surface area contributed by atoms with Crippen LogP contribution in [-0.4, -0.2) is 9.55 Å². The number of benzene rings is 5. The highest BCUT2D eigenvalue weighted by Crippen LogP contribution is 2.39. The van der Waals surface area contributed by atoms with Crippen LogP contribution in [0.2, 0.25) is 0 Å². The Morgan fingerprint density at radius 2 is 1.28 bits per heavy atom. The number of rotatable bonds is 2. The van der Waals surface area contributed by atoms with Gasteiger partial charge >= 0.3 is 0 Å². The third-order valence-corrected chi connectivity index (χ3v) is 5.83. The summed E-state index contributed by atoms with van der Waals surface area (Å²) in [6.07, 6.45) is 0. The molecule has 2 aromatic heterocycles. The first-order valence-electron chi connectivity index (χ1n) is 15.2. The minimum atomic E-state index is -0.470. The van der Waals surface area contributed by atoms with Crippen LogP contribution in [0.4, 0.5) is 0 Å². The maximum Gasteiger partial charge on any atom is 0.0646 e. The molecule has 0 saturated heterocycles. The summed E-state index contributed by atoms with van der Waals surface area (Å²) in [7, 11) is 0. The fraction of sp³-hybridized carbons (Fsp3) is 0. The zero-order valence-electron chi connectivity index (χ0n) is 26.6. The van der Waals surface area contributed by atoms with Crippen LogP contribution < -0.4 is 0 Å². The predicted molar refractivity (Wildman–Crippen MR) is 136 cm³/mol. The standard InChI is InChI=1S/C30H20N2/c1-2-8-20(9-3-1)21-14-16-22(17-15-21)32-27-13-7-5-11-24(27)30-28(32)19-18-26-29(30)23-10-4-6-12-25(23)31-26/h1-19,31H/i4D,5D,6D,7D,10D,11D,12D,13D,18D,19D. The highest BCUT2D eigenvalue weighted by Gasteiger charge is 2.17. The van der Waals surface area contributed by atoms with Gasteiger partial charge in [-0.2, -0.15) is 0 Å². The molecular weight excluding hydrogens is 388 g/mol. The third-order valence-electron chi connectivity index (χ3n) is 5.83. The minimum Gasteiger partial charge on any atom is -0.354 e.